The summed E-state index contributed by atoms with van der Waals surface area (Å²) in [5, 5.41) is 0. The lowest BCUT2D eigenvalue weighted by Gasteiger charge is -2.31. The van der Waals surface area contributed by atoms with Gasteiger partial charge in [0.1, 0.15) is 13.2 Å². The topological polar surface area (TPSA) is 21.7 Å². The molecule has 1 aromatic carbocycles. The lowest BCUT2D eigenvalue weighted by molar-refractivity contribution is 0.156. The van der Waals surface area contributed by atoms with Gasteiger partial charge in [0.15, 0.2) is 11.5 Å². The van der Waals surface area contributed by atoms with E-state index in [1.165, 1.54) is 31.5 Å². The molecule has 1 atom stereocenters. The molecule has 3 heteroatoms. The number of hydrogen-bond acceptors (Lipinski definition) is 3. The number of hydrogen-bond donors (Lipinski definition) is 0. The molecule has 1 saturated heterocycles. The second kappa shape index (κ2) is 5.19. The average molecular weight is 247 g/mol. The Kier molecular flexibility index (Phi) is 3.41. The van der Waals surface area contributed by atoms with Gasteiger partial charge < -0.3 is 9.47 Å². The molecule has 0 N–H and O–H groups in total. The molecule has 0 radical (unpaired) electrons. The number of rotatable bonds is 2. The van der Waals surface area contributed by atoms with Gasteiger partial charge in [-0.1, -0.05) is 19.1 Å². The van der Waals surface area contributed by atoms with Crippen LogP contribution in [0.3, 0.4) is 0 Å². The zero-order chi connectivity index (χ0) is 12.4. The third-order valence-corrected chi connectivity index (χ3v) is 3.78. The van der Waals surface area contributed by atoms with E-state index in [2.05, 4.69) is 24.0 Å². The van der Waals surface area contributed by atoms with Crippen LogP contribution in [0.2, 0.25) is 0 Å². The lowest BCUT2D eigenvalue weighted by Crippen LogP contribution is -2.34. The van der Waals surface area contributed by atoms with Crippen LogP contribution < -0.4 is 9.47 Å². The first-order valence-electron chi connectivity index (χ1n) is 6.93. The van der Waals surface area contributed by atoms with Gasteiger partial charge in [0, 0.05) is 18.7 Å². The molecule has 1 fully saturated rings. The number of piperidine rings is 1. The molecule has 0 saturated carbocycles. The first-order valence-corrected chi connectivity index (χ1v) is 6.93. The highest BCUT2D eigenvalue weighted by atomic mass is 16.6. The number of para-hydroxylation sites is 1. The maximum Gasteiger partial charge on any atom is 0.165 e. The van der Waals surface area contributed by atoms with E-state index in [0.717, 1.165) is 24.0 Å². The molecular formula is C15H21NO2. The quantitative estimate of drug-likeness (QED) is 0.802. The van der Waals surface area contributed by atoms with E-state index < -0.39 is 0 Å². The Labute approximate surface area is 109 Å². The largest absolute Gasteiger partial charge is 0.486 e. The number of likely N-dealkylation sites (tertiary alicyclic amines) is 1. The van der Waals surface area contributed by atoms with E-state index in [0.29, 0.717) is 13.2 Å². The van der Waals surface area contributed by atoms with Gasteiger partial charge in [0.2, 0.25) is 0 Å². The van der Waals surface area contributed by atoms with Gasteiger partial charge >= 0.3 is 0 Å². The number of ether oxygens (including phenoxy) is 2. The minimum Gasteiger partial charge on any atom is -0.486 e. The summed E-state index contributed by atoms with van der Waals surface area (Å²) < 4.78 is 11.4. The first-order chi connectivity index (χ1) is 8.83. The Morgan fingerprint density at radius 2 is 2.17 bits per heavy atom. The van der Waals surface area contributed by atoms with Crippen molar-refractivity contribution in [2.45, 2.75) is 26.3 Å². The van der Waals surface area contributed by atoms with Crippen LogP contribution in [0.5, 0.6) is 11.5 Å². The summed E-state index contributed by atoms with van der Waals surface area (Å²) in [6, 6.07) is 6.22. The summed E-state index contributed by atoms with van der Waals surface area (Å²) >= 11 is 0. The van der Waals surface area contributed by atoms with Gasteiger partial charge in [-0.2, -0.15) is 0 Å². The van der Waals surface area contributed by atoms with Gasteiger partial charge in [-0.3, -0.25) is 4.90 Å². The predicted molar refractivity (Wildman–Crippen MR) is 71.1 cm³/mol. The van der Waals surface area contributed by atoms with E-state index in [9.17, 15) is 0 Å². The molecule has 3 rings (SSSR count). The van der Waals surface area contributed by atoms with Crippen LogP contribution in [0.1, 0.15) is 25.3 Å². The van der Waals surface area contributed by atoms with Gasteiger partial charge in [-0.15, -0.1) is 0 Å². The fraction of sp³-hybridized carbons (Fsp3) is 0.600. The Bertz CT molecular complexity index is 419. The molecule has 0 unspecified atom stereocenters. The van der Waals surface area contributed by atoms with Gasteiger partial charge in [0.25, 0.3) is 0 Å². The SMILES string of the molecule is C[C@@H]1CCCN(Cc2cccc3c2OCCO3)C1. The second-order valence-corrected chi connectivity index (χ2v) is 5.42. The molecule has 2 aliphatic rings. The Morgan fingerprint density at radius 3 is 3.06 bits per heavy atom. The maximum absolute atomic E-state index is 5.77. The summed E-state index contributed by atoms with van der Waals surface area (Å²) in [4.78, 5) is 2.53. The molecule has 0 aliphatic carbocycles. The minimum atomic E-state index is 0.664. The maximum atomic E-state index is 5.77. The van der Waals surface area contributed by atoms with E-state index in [1.54, 1.807) is 0 Å². The van der Waals surface area contributed by atoms with E-state index in [1.807, 2.05) is 6.07 Å². The van der Waals surface area contributed by atoms with Crippen molar-refractivity contribution < 1.29 is 9.47 Å². The van der Waals surface area contributed by atoms with Crippen molar-refractivity contribution in [1.29, 1.82) is 0 Å². The first kappa shape index (κ1) is 11.8. The fourth-order valence-electron chi connectivity index (χ4n) is 2.93. The molecule has 1 aromatic rings. The minimum absolute atomic E-state index is 0.664. The molecule has 0 aromatic heterocycles. The Hall–Kier alpha value is -1.22. The molecule has 0 bridgehead atoms. The molecule has 0 spiro atoms. The summed E-state index contributed by atoms with van der Waals surface area (Å²) in [5.41, 5.74) is 1.27. The van der Waals surface area contributed by atoms with Crippen molar-refractivity contribution in [1.82, 2.24) is 4.90 Å². The second-order valence-electron chi connectivity index (χ2n) is 5.42. The standard InChI is InChI=1S/C15H21NO2/c1-12-4-3-7-16(10-12)11-13-5-2-6-14-15(13)18-9-8-17-14/h2,5-6,12H,3-4,7-11H2,1H3/t12-/m1/s1. The van der Waals surface area contributed by atoms with Crippen molar-refractivity contribution >= 4 is 0 Å². The summed E-state index contributed by atoms with van der Waals surface area (Å²) in [5.74, 6) is 2.68. The van der Waals surface area contributed by atoms with E-state index in [4.69, 9.17) is 9.47 Å². The molecule has 0 amide bonds. The van der Waals surface area contributed by atoms with Crippen LogP contribution in [0, 0.1) is 5.92 Å². The van der Waals surface area contributed by atoms with Crippen LogP contribution in [0.25, 0.3) is 0 Å². The molecule has 18 heavy (non-hydrogen) atoms. The summed E-state index contributed by atoms with van der Waals surface area (Å²) in [7, 11) is 0. The zero-order valence-electron chi connectivity index (χ0n) is 11.0. The molecule has 98 valence electrons. The smallest absolute Gasteiger partial charge is 0.165 e. The Morgan fingerprint density at radius 1 is 1.28 bits per heavy atom. The van der Waals surface area contributed by atoms with Crippen LogP contribution in [0.4, 0.5) is 0 Å². The van der Waals surface area contributed by atoms with Crippen LogP contribution in [-0.2, 0) is 6.54 Å². The zero-order valence-corrected chi connectivity index (χ0v) is 11.0. The number of fused-ring (bicyclic) bond motifs is 1. The van der Waals surface area contributed by atoms with Crippen molar-refractivity contribution in [3.63, 3.8) is 0 Å². The Balaban J connectivity index is 1.76. The van der Waals surface area contributed by atoms with Crippen molar-refractivity contribution in [3.8, 4) is 11.5 Å². The van der Waals surface area contributed by atoms with Gasteiger partial charge in [-0.25, -0.2) is 0 Å². The highest BCUT2D eigenvalue weighted by Crippen LogP contribution is 2.34. The molecular weight excluding hydrogens is 226 g/mol. The molecule has 3 nitrogen and oxygen atoms in total. The number of nitrogens with zero attached hydrogens (tertiary/aromatic N) is 1. The predicted octanol–water partition coefficient (Wildman–Crippen LogP) is 2.69. The third-order valence-electron chi connectivity index (χ3n) is 3.78. The van der Waals surface area contributed by atoms with Crippen molar-refractivity contribution in [2.24, 2.45) is 5.92 Å². The lowest BCUT2D eigenvalue weighted by atomic mass is 9.99. The van der Waals surface area contributed by atoms with E-state index in [-0.39, 0.29) is 0 Å². The highest BCUT2D eigenvalue weighted by molar-refractivity contribution is 5.47. The highest BCUT2D eigenvalue weighted by Gasteiger charge is 2.20. The molecule has 2 aliphatic heterocycles. The third kappa shape index (κ3) is 2.46. The monoisotopic (exact) mass is 247 g/mol. The normalized spacial score (nSPS) is 23.9. The number of benzene rings is 1. The van der Waals surface area contributed by atoms with Gasteiger partial charge in [0.05, 0.1) is 0 Å². The van der Waals surface area contributed by atoms with Crippen LogP contribution in [-0.4, -0.2) is 31.2 Å². The summed E-state index contributed by atoms with van der Waals surface area (Å²) in [6.07, 6.45) is 2.68. The molecule has 2 heterocycles. The van der Waals surface area contributed by atoms with Crippen LogP contribution >= 0.6 is 0 Å². The van der Waals surface area contributed by atoms with Crippen molar-refractivity contribution in [3.05, 3.63) is 23.8 Å². The van der Waals surface area contributed by atoms with E-state index >= 15 is 0 Å². The van der Waals surface area contributed by atoms with Gasteiger partial charge in [-0.05, 0) is 31.4 Å². The summed E-state index contributed by atoms with van der Waals surface area (Å²) in [6.45, 7) is 7.06. The average Bonchev–Trinajstić information content (AvgIpc) is 2.39. The van der Waals surface area contributed by atoms with Crippen molar-refractivity contribution in [2.75, 3.05) is 26.3 Å². The van der Waals surface area contributed by atoms with Crippen LogP contribution in [0.15, 0.2) is 18.2 Å². The fourth-order valence-corrected chi connectivity index (χ4v) is 2.93.